The number of carbonyl (C=O) groups excluding carboxylic acids is 2. The van der Waals surface area contributed by atoms with Crippen LogP contribution in [-0.2, 0) is 15.6 Å². The van der Waals surface area contributed by atoms with Gasteiger partial charge in [-0.05, 0) is 79.9 Å². The van der Waals surface area contributed by atoms with Crippen LogP contribution in [0.15, 0.2) is 54.6 Å². The highest BCUT2D eigenvalue weighted by atomic mass is 35.5. The Morgan fingerprint density at radius 2 is 1.51 bits per heavy atom. The molecular weight excluding hydrogens is 637 g/mol. The molecule has 0 bridgehead atoms. The summed E-state index contributed by atoms with van der Waals surface area (Å²) in [7, 11) is 4.56. The van der Waals surface area contributed by atoms with Gasteiger partial charge in [0, 0.05) is 35.1 Å². The molecule has 2 N–H and O–H groups in total. The summed E-state index contributed by atoms with van der Waals surface area (Å²) >= 11 is 19.2. The van der Waals surface area contributed by atoms with E-state index in [2.05, 4.69) is 11.8 Å². The molecule has 3 unspecified atom stereocenters. The standard InChI is InChI=1S/C34H38Cl3N3O5/c1-5-39-14-12-33(32(38)42,22-6-9-24(35)10-7-22)19-29(39)34(23-8-11-25(36)26(37)18-23)13-15-40(20-34)31(41)21-16-27(43-2)30(45-4)28(17-21)44-3/h6-11,16-18,29H,5,12-15,19-20H2,1-4H3,(H2,38,42). The van der Waals surface area contributed by atoms with Gasteiger partial charge >= 0.3 is 0 Å². The summed E-state index contributed by atoms with van der Waals surface area (Å²) in [6.07, 6.45) is 1.67. The fourth-order valence-electron chi connectivity index (χ4n) is 7.27. The minimum absolute atomic E-state index is 0.158. The maximum Gasteiger partial charge on any atom is 0.254 e. The lowest BCUT2D eigenvalue weighted by atomic mass is 9.61. The highest BCUT2D eigenvalue weighted by Gasteiger charge is 2.55. The van der Waals surface area contributed by atoms with Crippen LogP contribution >= 0.6 is 34.8 Å². The topological polar surface area (TPSA) is 94.3 Å². The lowest BCUT2D eigenvalue weighted by Gasteiger charge is -2.52. The smallest absolute Gasteiger partial charge is 0.254 e. The molecule has 0 aliphatic carbocycles. The largest absolute Gasteiger partial charge is 0.493 e. The van der Waals surface area contributed by atoms with E-state index in [1.165, 1.54) is 21.3 Å². The van der Waals surface area contributed by atoms with Gasteiger partial charge in [0.1, 0.15) is 0 Å². The molecule has 3 aromatic carbocycles. The first-order chi connectivity index (χ1) is 21.5. The van der Waals surface area contributed by atoms with Crippen molar-refractivity contribution in [3.05, 3.63) is 86.4 Å². The van der Waals surface area contributed by atoms with E-state index >= 15 is 0 Å². The number of piperidine rings is 1. The molecule has 5 rings (SSSR count). The molecular formula is C34H38Cl3N3O5. The van der Waals surface area contributed by atoms with Crippen molar-refractivity contribution in [1.82, 2.24) is 9.80 Å². The minimum atomic E-state index is -0.918. The summed E-state index contributed by atoms with van der Waals surface area (Å²) in [5.41, 5.74) is 6.95. The van der Waals surface area contributed by atoms with Crippen LogP contribution in [0.3, 0.4) is 0 Å². The molecule has 0 spiro atoms. The second kappa shape index (κ2) is 13.3. The monoisotopic (exact) mass is 673 g/mol. The lowest BCUT2D eigenvalue weighted by Crippen LogP contribution is -2.61. The number of rotatable bonds is 9. The van der Waals surface area contributed by atoms with Gasteiger partial charge in [-0.3, -0.25) is 14.5 Å². The molecule has 3 atom stereocenters. The van der Waals surface area contributed by atoms with Crippen molar-refractivity contribution in [2.24, 2.45) is 5.73 Å². The van der Waals surface area contributed by atoms with E-state index in [4.69, 9.17) is 54.7 Å². The molecule has 2 aliphatic heterocycles. The molecule has 8 nitrogen and oxygen atoms in total. The van der Waals surface area contributed by atoms with Crippen LogP contribution in [-0.4, -0.2) is 75.2 Å². The molecule has 3 aromatic rings. The van der Waals surface area contributed by atoms with Crippen molar-refractivity contribution < 1.29 is 23.8 Å². The van der Waals surface area contributed by atoms with E-state index in [-0.39, 0.29) is 17.9 Å². The van der Waals surface area contributed by atoms with Crippen LogP contribution in [0.2, 0.25) is 15.1 Å². The number of nitrogens with zero attached hydrogens (tertiary/aromatic N) is 2. The molecule has 0 aromatic heterocycles. The van der Waals surface area contributed by atoms with Crippen LogP contribution in [0.1, 0.15) is 47.7 Å². The van der Waals surface area contributed by atoms with E-state index in [1.807, 2.05) is 29.2 Å². The molecule has 2 amide bonds. The van der Waals surface area contributed by atoms with Crippen LogP contribution in [0.4, 0.5) is 0 Å². The SMILES string of the molecule is CCN1CCC(C(N)=O)(c2ccc(Cl)cc2)CC1C1(c2ccc(Cl)c(Cl)c2)CCN(C(=O)c2cc(OC)c(OC)c(OC)c2)C1. The van der Waals surface area contributed by atoms with E-state index < -0.39 is 10.8 Å². The first-order valence-electron chi connectivity index (χ1n) is 14.9. The predicted molar refractivity (Wildman–Crippen MR) is 177 cm³/mol. The summed E-state index contributed by atoms with van der Waals surface area (Å²) in [6, 6.07) is 16.2. The van der Waals surface area contributed by atoms with E-state index in [0.717, 1.165) is 17.7 Å². The van der Waals surface area contributed by atoms with Gasteiger partial charge in [0.25, 0.3) is 5.91 Å². The molecule has 11 heteroatoms. The van der Waals surface area contributed by atoms with Crippen LogP contribution in [0.5, 0.6) is 17.2 Å². The molecule has 2 saturated heterocycles. The Kier molecular flexibility index (Phi) is 9.80. The number of ether oxygens (including phenoxy) is 3. The quantitative estimate of drug-likeness (QED) is 0.284. The third-order valence-electron chi connectivity index (χ3n) is 9.72. The summed E-state index contributed by atoms with van der Waals surface area (Å²) in [6.45, 7) is 4.38. The Hall–Kier alpha value is -3.17. The number of likely N-dealkylation sites (N-methyl/N-ethyl adjacent to an activating group) is 1. The second-order valence-electron chi connectivity index (χ2n) is 11.7. The van der Waals surface area contributed by atoms with Crippen molar-refractivity contribution in [1.29, 1.82) is 0 Å². The maximum atomic E-state index is 14.2. The van der Waals surface area contributed by atoms with Gasteiger partial charge in [-0.2, -0.15) is 0 Å². The van der Waals surface area contributed by atoms with Crippen molar-refractivity contribution in [2.75, 3.05) is 47.5 Å². The molecule has 0 radical (unpaired) electrons. The van der Waals surface area contributed by atoms with Gasteiger partial charge in [-0.15, -0.1) is 0 Å². The average molecular weight is 675 g/mol. The number of nitrogens with two attached hydrogens (primary N) is 1. The van der Waals surface area contributed by atoms with E-state index in [0.29, 0.717) is 76.8 Å². The van der Waals surface area contributed by atoms with Crippen molar-refractivity contribution in [3.8, 4) is 17.2 Å². The summed E-state index contributed by atoms with van der Waals surface area (Å²) < 4.78 is 16.5. The zero-order chi connectivity index (χ0) is 32.5. The second-order valence-corrected chi connectivity index (χ2v) is 13.0. The Morgan fingerprint density at radius 3 is 2.07 bits per heavy atom. The molecule has 240 valence electrons. The van der Waals surface area contributed by atoms with Gasteiger partial charge in [0.15, 0.2) is 11.5 Å². The Balaban J connectivity index is 1.61. The Labute approximate surface area is 279 Å². The first kappa shape index (κ1) is 33.2. The van der Waals surface area contributed by atoms with Gasteiger partial charge in [0.2, 0.25) is 11.7 Å². The minimum Gasteiger partial charge on any atom is -0.493 e. The number of hydrogen-bond acceptors (Lipinski definition) is 6. The molecule has 2 aliphatic rings. The fourth-order valence-corrected chi connectivity index (χ4v) is 7.70. The van der Waals surface area contributed by atoms with E-state index in [1.54, 1.807) is 30.3 Å². The van der Waals surface area contributed by atoms with Crippen LogP contribution in [0, 0.1) is 0 Å². The highest BCUT2D eigenvalue weighted by Crippen LogP contribution is 2.50. The Bertz CT molecular complexity index is 1560. The van der Waals surface area contributed by atoms with Crippen molar-refractivity contribution in [3.63, 3.8) is 0 Å². The molecule has 2 heterocycles. The summed E-state index contributed by atoms with van der Waals surface area (Å²) in [4.78, 5) is 31.8. The normalized spacial score (nSPS) is 23.5. The number of likely N-dealkylation sites (tertiary alicyclic amines) is 2. The van der Waals surface area contributed by atoms with Gasteiger partial charge in [-0.25, -0.2) is 0 Å². The zero-order valence-corrected chi connectivity index (χ0v) is 28.1. The number of benzene rings is 3. The third kappa shape index (κ3) is 5.94. The lowest BCUT2D eigenvalue weighted by molar-refractivity contribution is -0.127. The van der Waals surface area contributed by atoms with Crippen molar-refractivity contribution >= 4 is 46.6 Å². The first-order valence-corrected chi connectivity index (χ1v) is 16.0. The number of halogens is 3. The zero-order valence-electron chi connectivity index (χ0n) is 25.9. The molecule has 45 heavy (non-hydrogen) atoms. The number of carbonyl (C=O) groups is 2. The Morgan fingerprint density at radius 1 is 0.867 bits per heavy atom. The number of hydrogen-bond donors (Lipinski definition) is 1. The molecule has 2 fully saturated rings. The van der Waals surface area contributed by atoms with Gasteiger partial charge in [0.05, 0.1) is 36.8 Å². The third-order valence-corrected chi connectivity index (χ3v) is 10.7. The van der Waals surface area contributed by atoms with Gasteiger partial charge in [-0.1, -0.05) is 59.9 Å². The number of primary amides is 1. The summed E-state index contributed by atoms with van der Waals surface area (Å²) in [5.74, 6) is 0.656. The average Bonchev–Trinajstić information content (AvgIpc) is 3.51. The maximum absolute atomic E-state index is 14.2. The number of methoxy groups -OCH3 is 3. The van der Waals surface area contributed by atoms with Crippen molar-refractivity contribution in [2.45, 2.75) is 43.1 Å². The van der Waals surface area contributed by atoms with Crippen LogP contribution < -0.4 is 19.9 Å². The van der Waals surface area contributed by atoms with Crippen LogP contribution in [0.25, 0.3) is 0 Å². The molecule has 0 saturated carbocycles. The fraction of sp³-hybridized carbons (Fsp3) is 0.412. The number of amides is 2. The highest BCUT2D eigenvalue weighted by molar-refractivity contribution is 6.42. The van der Waals surface area contributed by atoms with E-state index in [9.17, 15) is 9.59 Å². The summed E-state index contributed by atoms with van der Waals surface area (Å²) in [5, 5.41) is 1.47. The predicted octanol–water partition coefficient (Wildman–Crippen LogP) is 6.36. The van der Waals surface area contributed by atoms with Gasteiger partial charge < -0.3 is 24.8 Å².